The molecule has 2 atom stereocenters. The fraction of sp³-hybridized carbons (Fsp3) is 0.600. The molecule has 0 spiro atoms. The smallest absolute Gasteiger partial charge is 0.410 e. The van der Waals surface area contributed by atoms with Crippen molar-refractivity contribution in [3.05, 3.63) is 27.5 Å². The van der Waals surface area contributed by atoms with Crippen molar-refractivity contribution in [1.82, 2.24) is 15.2 Å². The average Bonchev–Trinajstić information content (AvgIpc) is 2.34. The third-order valence-electron chi connectivity index (χ3n) is 3.22. The van der Waals surface area contributed by atoms with E-state index in [2.05, 4.69) is 26.2 Å². The molecule has 1 aliphatic heterocycles. The highest BCUT2D eigenvalue weighted by Crippen LogP contribution is 2.25. The molecule has 1 fully saturated rings. The number of nitrogens with one attached hydrogen (secondary N) is 1. The standard InChI is InChI=1S/C15H21BrClN3O2/c1-9-7-20(14(21)22-15(2,3)4)8-11(18-9)10-5-12(16)19-13(17)6-10/h5-6,9,11,18H,7-8H2,1-4H3. The second-order valence-corrected chi connectivity index (χ2v) is 7.75. The van der Waals surface area contributed by atoms with Crippen LogP contribution in [0.4, 0.5) is 4.79 Å². The molecule has 5 nitrogen and oxygen atoms in total. The number of nitrogens with zero attached hydrogens (tertiary/aromatic N) is 2. The maximum Gasteiger partial charge on any atom is 0.410 e. The first-order valence-corrected chi connectivity index (χ1v) is 8.38. The van der Waals surface area contributed by atoms with Gasteiger partial charge in [-0.25, -0.2) is 9.78 Å². The Bertz CT molecular complexity index is 542. The number of rotatable bonds is 1. The van der Waals surface area contributed by atoms with E-state index in [9.17, 15) is 4.79 Å². The van der Waals surface area contributed by atoms with Gasteiger partial charge in [0.25, 0.3) is 0 Å². The molecular formula is C15H21BrClN3O2. The molecule has 0 bridgehead atoms. The first kappa shape index (κ1) is 17.5. The Labute approximate surface area is 144 Å². The number of carbonyl (C=O) groups is 1. The fourth-order valence-electron chi connectivity index (χ4n) is 2.44. The molecule has 0 saturated carbocycles. The van der Waals surface area contributed by atoms with Crippen LogP contribution in [0.15, 0.2) is 16.7 Å². The molecule has 7 heteroatoms. The Kier molecular flexibility index (Phi) is 5.35. The molecule has 0 radical (unpaired) electrons. The molecule has 122 valence electrons. The van der Waals surface area contributed by atoms with E-state index in [1.54, 1.807) is 4.90 Å². The molecule has 1 N–H and O–H groups in total. The molecule has 1 aromatic rings. The predicted octanol–water partition coefficient (Wildman–Crippen LogP) is 3.77. The maximum absolute atomic E-state index is 12.3. The average molecular weight is 391 g/mol. The molecule has 1 aliphatic rings. The summed E-state index contributed by atoms with van der Waals surface area (Å²) < 4.78 is 6.15. The lowest BCUT2D eigenvalue weighted by Crippen LogP contribution is -2.53. The molecule has 1 saturated heterocycles. The van der Waals surface area contributed by atoms with Gasteiger partial charge >= 0.3 is 6.09 Å². The normalized spacial score (nSPS) is 22.5. The molecule has 0 aliphatic carbocycles. The lowest BCUT2D eigenvalue weighted by Gasteiger charge is -2.38. The number of hydrogen-bond donors (Lipinski definition) is 1. The first-order valence-electron chi connectivity index (χ1n) is 7.21. The molecule has 1 amide bonds. The van der Waals surface area contributed by atoms with Crippen molar-refractivity contribution in [3.8, 4) is 0 Å². The fourth-order valence-corrected chi connectivity index (χ4v) is 3.21. The third kappa shape index (κ3) is 4.83. The molecule has 0 aromatic carbocycles. The van der Waals surface area contributed by atoms with Crippen molar-refractivity contribution in [3.63, 3.8) is 0 Å². The molecular weight excluding hydrogens is 370 g/mol. The summed E-state index contributed by atoms with van der Waals surface area (Å²) in [4.78, 5) is 18.1. The van der Waals surface area contributed by atoms with Crippen LogP contribution in [-0.4, -0.2) is 40.7 Å². The van der Waals surface area contributed by atoms with Gasteiger partial charge in [0.15, 0.2) is 0 Å². The molecule has 2 heterocycles. The van der Waals surface area contributed by atoms with Gasteiger partial charge in [-0.05, 0) is 61.3 Å². The van der Waals surface area contributed by atoms with Crippen LogP contribution in [0.2, 0.25) is 5.15 Å². The van der Waals surface area contributed by atoms with Crippen molar-refractivity contribution >= 4 is 33.6 Å². The van der Waals surface area contributed by atoms with E-state index in [0.29, 0.717) is 22.8 Å². The number of carbonyl (C=O) groups excluding carboxylic acids is 1. The highest BCUT2D eigenvalue weighted by Gasteiger charge is 2.31. The van der Waals surface area contributed by atoms with Gasteiger partial charge in [0.1, 0.15) is 15.4 Å². The first-order chi connectivity index (χ1) is 10.1. The van der Waals surface area contributed by atoms with Crippen LogP contribution in [0.3, 0.4) is 0 Å². The summed E-state index contributed by atoms with van der Waals surface area (Å²) in [6.45, 7) is 8.80. The van der Waals surface area contributed by atoms with Gasteiger partial charge in [0, 0.05) is 19.1 Å². The number of ether oxygens (including phenoxy) is 1. The Hall–Kier alpha value is -0.850. The SMILES string of the molecule is CC1CN(C(=O)OC(C)(C)C)CC(c2cc(Cl)nc(Br)c2)N1. The summed E-state index contributed by atoms with van der Waals surface area (Å²) >= 11 is 9.37. The van der Waals surface area contributed by atoms with Crippen LogP contribution < -0.4 is 5.32 Å². The summed E-state index contributed by atoms with van der Waals surface area (Å²) in [5.74, 6) is 0. The Morgan fingerprint density at radius 3 is 2.73 bits per heavy atom. The van der Waals surface area contributed by atoms with Gasteiger partial charge in [0.05, 0.1) is 6.04 Å². The van der Waals surface area contributed by atoms with Crippen LogP contribution in [0.25, 0.3) is 0 Å². The molecule has 1 aromatic heterocycles. The van der Waals surface area contributed by atoms with Crippen molar-refractivity contribution < 1.29 is 9.53 Å². The number of piperazine rings is 1. The highest BCUT2D eigenvalue weighted by molar-refractivity contribution is 9.10. The summed E-state index contributed by atoms with van der Waals surface area (Å²) in [6, 6.07) is 3.88. The highest BCUT2D eigenvalue weighted by atomic mass is 79.9. The summed E-state index contributed by atoms with van der Waals surface area (Å²) in [6.07, 6.45) is -0.287. The van der Waals surface area contributed by atoms with E-state index in [0.717, 1.165) is 5.56 Å². The minimum Gasteiger partial charge on any atom is -0.444 e. The van der Waals surface area contributed by atoms with Crippen molar-refractivity contribution in [2.45, 2.75) is 45.4 Å². The van der Waals surface area contributed by atoms with Crippen LogP contribution >= 0.6 is 27.5 Å². The van der Waals surface area contributed by atoms with E-state index in [1.807, 2.05) is 39.8 Å². The monoisotopic (exact) mass is 389 g/mol. The minimum atomic E-state index is -0.496. The van der Waals surface area contributed by atoms with Crippen molar-refractivity contribution in [2.24, 2.45) is 0 Å². The number of halogens is 2. The zero-order valence-electron chi connectivity index (χ0n) is 13.2. The largest absolute Gasteiger partial charge is 0.444 e. The Morgan fingerprint density at radius 1 is 1.45 bits per heavy atom. The predicted molar refractivity (Wildman–Crippen MR) is 90.1 cm³/mol. The van der Waals surface area contributed by atoms with E-state index < -0.39 is 5.60 Å². The Morgan fingerprint density at radius 2 is 2.14 bits per heavy atom. The number of amides is 1. The zero-order chi connectivity index (χ0) is 16.5. The van der Waals surface area contributed by atoms with Crippen molar-refractivity contribution in [1.29, 1.82) is 0 Å². The number of pyridine rings is 1. The number of aromatic nitrogens is 1. The van der Waals surface area contributed by atoms with E-state index in [4.69, 9.17) is 16.3 Å². The summed E-state index contributed by atoms with van der Waals surface area (Å²) in [5.41, 5.74) is 0.496. The third-order valence-corrected chi connectivity index (χ3v) is 3.82. The summed E-state index contributed by atoms with van der Waals surface area (Å²) in [7, 11) is 0. The van der Waals surface area contributed by atoms with E-state index >= 15 is 0 Å². The molecule has 2 rings (SSSR count). The van der Waals surface area contributed by atoms with E-state index in [-0.39, 0.29) is 18.2 Å². The lowest BCUT2D eigenvalue weighted by molar-refractivity contribution is 0.0159. The second kappa shape index (κ2) is 6.72. The van der Waals surface area contributed by atoms with Crippen LogP contribution in [0.1, 0.15) is 39.3 Å². The minimum absolute atomic E-state index is 0.00642. The Balaban J connectivity index is 2.15. The number of hydrogen-bond acceptors (Lipinski definition) is 4. The van der Waals surface area contributed by atoms with Gasteiger partial charge in [-0.15, -0.1) is 0 Å². The lowest BCUT2D eigenvalue weighted by atomic mass is 10.0. The van der Waals surface area contributed by atoms with Crippen LogP contribution in [-0.2, 0) is 4.74 Å². The van der Waals surface area contributed by atoms with Gasteiger partial charge < -0.3 is 15.0 Å². The van der Waals surface area contributed by atoms with E-state index in [1.165, 1.54) is 0 Å². The zero-order valence-corrected chi connectivity index (χ0v) is 15.5. The van der Waals surface area contributed by atoms with Gasteiger partial charge in [0.2, 0.25) is 0 Å². The topological polar surface area (TPSA) is 54.5 Å². The summed E-state index contributed by atoms with van der Waals surface area (Å²) in [5, 5.41) is 3.90. The van der Waals surface area contributed by atoms with Crippen LogP contribution in [0.5, 0.6) is 0 Å². The van der Waals surface area contributed by atoms with Crippen molar-refractivity contribution in [2.75, 3.05) is 13.1 Å². The molecule has 2 unspecified atom stereocenters. The second-order valence-electron chi connectivity index (χ2n) is 6.55. The van der Waals surface area contributed by atoms with Gasteiger partial charge in [-0.3, -0.25) is 0 Å². The van der Waals surface area contributed by atoms with Gasteiger partial charge in [-0.1, -0.05) is 11.6 Å². The quantitative estimate of drug-likeness (QED) is 0.742. The van der Waals surface area contributed by atoms with Gasteiger partial charge in [-0.2, -0.15) is 0 Å². The van der Waals surface area contributed by atoms with Crippen LogP contribution in [0, 0.1) is 0 Å². The molecule has 22 heavy (non-hydrogen) atoms. The maximum atomic E-state index is 12.3.